The van der Waals surface area contributed by atoms with Crippen LogP contribution in [0.3, 0.4) is 0 Å². The monoisotopic (exact) mass is 397 g/mol. The summed E-state index contributed by atoms with van der Waals surface area (Å²) in [6.07, 6.45) is 0. The second-order valence-electron chi connectivity index (χ2n) is 5.62. The lowest BCUT2D eigenvalue weighted by molar-refractivity contribution is -0.119. The molecule has 5 nitrogen and oxygen atoms in total. The third kappa shape index (κ3) is 6.20. The van der Waals surface area contributed by atoms with Gasteiger partial charge in [-0.1, -0.05) is 67.8 Å². The van der Waals surface area contributed by atoms with Crippen LogP contribution in [-0.4, -0.2) is 34.7 Å². The van der Waals surface area contributed by atoms with E-state index in [-0.39, 0.29) is 17.9 Å². The van der Waals surface area contributed by atoms with Crippen LogP contribution < -0.4 is 10.1 Å². The van der Waals surface area contributed by atoms with Crippen molar-refractivity contribution >= 4 is 40.8 Å². The van der Waals surface area contributed by atoms with Crippen molar-refractivity contribution < 1.29 is 9.53 Å². The van der Waals surface area contributed by atoms with E-state index in [0.29, 0.717) is 5.75 Å². The first-order chi connectivity index (χ1) is 12.0. The Labute approximate surface area is 161 Å². The highest BCUT2D eigenvalue weighted by molar-refractivity contribution is 8.03. The number of rotatable bonds is 9. The Hall–Kier alpha value is -1.25. The van der Waals surface area contributed by atoms with Gasteiger partial charge >= 0.3 is 0 Å². The van der Waals surface area contributed by atoms with Crippen molar-refractivity contribution in [2.24, 2.45) is 5.92 Å². The molecule has 2 aromatic rings. The van der Waals surface area contributed by atoms with Gasteiger partial charge in [-0.2, -0.15) is 0 Å². The van der Waals surface area contributed by atoms with E-state index in [2.05, 4.69) is 36.3 Å². The Morgan fingerprint density at radius 2 is 1.84 bits per heavy atom. The fourth-order valence-corrected chi connectivity index (χ4v) is 4.95. The van der Waals surface area contributed by atoms with Crippen molar-refractivity contribution in [1.29, 1.82) is 0 Å². The number of carbonyl (C=O) groups is 1. The van der Waals surface area contributed by atoms with Crippen LogP contribution in [0, 0.1) is 5.92 Å². The molecule has 1 N–H and O–H groups in total. The van der Waals surface area contributed by atoms with Crippen molar-refractivity contribution in [2.75, 3.05) is 18.6 Å². The molecule has 0 aliphatic rings. The van der Waals surface area contributed by atoms with Gasteiger partial charge in [-0.15, -0.1) is 10.2 Å². The molecule has 0 saturated heterocycles. The molecule has 0 saturated carbocycles. The first kappa shape index (κ1) is 20.1. The van der Waals surface area contributed by atoms with Gasteiger partial charge in [0.1, 0.15) is 5.75 Å². The number of amides is 1. The molecule has 0 aliphatic carbocycles. The van der Waals surface area contributed by atoms with Gasteiger partial charge in [0.05, 0.1) is 18.9 Å². The normalized spacial score (nSPS) is 12.2. The molecule has 0 spiro atoms. The molecular weight excluding hydrogens is 374 g/mol. The fraction of sp³-hybridized carbons (Fsp3) is 0.471. The predicted octanol–water partition coefficient (Wildman–Crippen LogP) is 4.26. The van der Waals surface area contributed by atoms with Crippen LogP contribution in [0.2, 0.25) is 0 Å². The summed E-state index contributed by atoms with van der Waals surface area (Å²) < 4.78 is 6.97. The number of hydrogen-bond acceptors (Lipinski definition) is 7. The van der Waals surface area contributed by atoms with E-state index in [1.165, 1.54) is 23.1 Å². The molecule has 1 aromatic carbocycles. The van der Waals surface area contributed by atoms with Crippen molar-refractivity contribution in [2.45, 2.75) is 35.5 Å². The molecule has 0 radical (unpaired) electrons. The zero-order chi connectivity index (χ0) is 18.2. The molecule has 0 bridgehead atoms. The van der Waals surface area contributed by atoms with Crippen LogP contribution in [0.15, 0.2) is 32.9 Å². The number of nitrogens with zero attached hydrogens (tertiary/aromatic N) is 2. The van der Waals surface area contributed by atoms with E-state index in [4.69, 9.17) is 4.74 Å². The number of aromatic nitrogens is 2. The smallest absolute Gasteiger partial charge is 0.230 e. The van der Waals surface area contributed by atoms with Gasteiger partial charge in [0.25, 0.3) is 0 Å². The van der Waals surface area contributed by atoms with Gasteiger partial charge in [-0.05, 0) is 29.4 Å². The lowest BCUT2D eigenvalue weighted by Gasteiger charge is -2.23. The molecule has 0 aliphatic heterocycles. The van der Waals surface area contributed by atoms with Crippen molar-refractivity contribution in [3.8, 4) is 5.75 Å². The first-order valence-electron chi connectivity index (χ1n) is 8.05. The molecule has 0 fully saturated rings. The molecule has 2 rings (SSSR count). The second kappa shape index (κ2) is 10.0. The number of methoxy groups -OCH3 is 1. The SMILES string of the molecule is CCSc1nnc(SCC(=O)NC(c2ccc(OC)cc2)C(C)C)s1. The van der Waals surface area contributed by atoms with Crippen LogP contribution in [0.4, 0.5) is 0 Å². The van der Waals surface area contributed by atoms with Crippen molar-refractivity contribution in [3.05, 3.63) is 29.8 Å². The average Bonchev–Trinajstić information content (AvgIpc) is 3.06. The van der Waals surface area contributed by atoms with Crippen LogP contribution in [-0.2, 0) is 4.79 Å². The molecule has 1 heterocycles. The second-order valence-corrected chi connectivity index (χ2v) is 9.33. The van der Waals surface area contributed by atoms with Crippen LogP contribution in [0.1, 0.15) is 32.4 Å². The summed E-state index contributed by atoms with van der Waals surface area (Å²) in [7, 11) is 1.64. The highest BCUT2D eigenvalue weighted by Gasteiger charge is 2.19. The van der Waals surface area contributed by atoms with E-state index in [1.807, 2.05) is 24.3 Å². The van der Waals surface area contributed by atoms with Gasteiger partial charge in [0, 0.05) is 0 Å². The standard InChI is InChI=1S/C17H23N3O2S3/c1-5-23-16-19-20-17(25-16)24-10-14(21)18-15(11(2)3)12-6-8-13(22-4)9-7-12/h6-9,11,15H,5,10H2,1-4H3,(H,18,21). The molecule has 1 amide bonds. The topological polar surface area (TPSA) is 64.1 Å². The maximum atomic E-state index is 12.4. The maximum Gasteiger partial charge on any atom is 0.230 e. The average molecular weight is 398 g/mol. The summed E-state index contributed by atoms with van der Waals surface area (Å²) >= 11 is 4.63. The minimum atomic E-state index is -0.0281. The van der Waals surface area contributed by atoms with Gasteiger partial charge in [-0.25, -0.2) is 0 Å². The Bertz CT molecular complexity index is 674. The fourth-order valence-electron chi connectivity index (χ4n) is 2.23. The molecular formula is C17H23N3O2S3. The maximum absolute atomic E-state index is 12.4. The van der Waals surface area contributed by atoms with Gasteiger partial charge in [-0.3, -0.25) is 4.79 Å². The van der Waals surface area contributed by atoms with Gasteiger partial charge in [0.15, 0.2) is 8.68 Å². The molecule has 1 atom stereocenters. The number of carbonyl (C=O) groups excluding carboxylic acids is 1. The Balaban J connectivity index is 1.92. The molecule has 1 unspecified atom stereocenters. The van der Waals surface area contributed by atoms with Crippen LogP contribution >= 0.6 is 34.9 Å². The Morgan fingerprint density at radius 1 is 1.20 bits per heavy atom. The van der Waals surface area contributed by atoms with E-state index in [1.54, 1.807) is 18.9 Å². The number of thioether (sulfide) groups is 2. The lowest BCUT2D eigenvalue weighted by Crippen LogP contribution is -2.32. The summed E-state index contributed by atoms with van der Waals surface area (Å²) in [5, 5.41) is 11.3. The summed E-state index contributed by atoms with van der Waals surface area (Å²) in [6, 6.07) is 7.80. The zero-order valence-electron chi connectivity index (χ0n) is 14.8. The van der Waals surface area contributed by atoms with Crippen molar-refractivity contribution in [3.63, 3.8) is 0 Å². The van der Waals surface area contributed by atoms with Gasteiger partial charge < -0.3 is 10.1 Å². The molecule has 8 heteroatoms. The summed E-state index contributed by atoms with van der Waals surface area (Å²) in [6.45, 7) is 6.28. The summed E-state index contributed by atoms with van der Waals surface area (Å²) in [5.41, 5.74) is 1.08. The highest BCUT2D eigenvalue weighted by atomic mass is 32.2. The largest absolute Gasteiger partial charge is 0.497 e. The van der Waals surface area contributed by atoms with Crippen molar-refractivity contribution in [1.82, 2.24) is 15.5 Å². The highest BCUT2D eigenvalue weighted by Crippen LogP contribution is 2.29. The third-order valence-electron chi connectivity index (χ3n) is 3.44. The minimum Gasteiger partial charge on any atom is -0.497 e. The number of hydrogen-bond donors (Lipinski definition) is 1. The zero-order valence-corrected chi connectivity index (χ0v) is 17.3. The molecule has 1 aromatic heterocycles. The van der Waals surface area contributed by atoms with Crippen LogP contribution in [0.25, 0.3) is 0 Å². The summed E-state index contributed by atoms with van der Waals surface area (Å²) in [4.78, 5) is 12.4. The van der Waals surface area contributed by atoms with E-state index >= 15 is 0 Å². The van der Waals surface area contributed by atoms with E-state index in [0.717, 1.165) is 25.7 Å². The van der Waals surface area contributed by atoms with Crippen LogP contribution in [0.5, 0.6) is 5.75 Å². The Kier molecular flexibility index (Phi) is 8.05. The lowest BCUT2D eigenvalue weighted by atomic mass is 9.96. The quantitative estimate of drug-likeness (QED) is 0.638. The first-order valence-corrected chi connectivity index (χ1v) is 10.8. The van der Waals surface area contributed by atoms with E-state index in [9.17, 15) is 4.79 Å². The summed E-state index contributed by atoms with van der Waals surface area (Å²) in [5.74, 6) is 2.41. The Morgan fingerprint density at radius 3 is 2.40 bits per heavy atom. The third-order valence-corrected chi connectivity index (χ3v) is 6.51. The van der Waals surface area contributed by atoms with E-state index < -0.39 is 0 Å². The minimum absolute atomic E-state index is 0.000544. The number of ether oxygens (including phenoxy) is 1. The molecule has 25 heavy (non-hydrogen) atoms. The number of benzene rings is 1. The predicted molar refractivity (Wildman–Crippen MR) is 106 cm³/mol. The molecule has 136 valence electrons. The van der Waals surface area contributed by atoms with Gasteiger partial charge in [0.2, 0.25) is 5.91 Å². The number of nitrogens with one attached hydrogen (secondary N) is 1.